The van der Waals surface area contributed by atoms with Crippen molar-refractivity contribution in [1.29, 1.82) is 0 Å². The Morgan fingerprint density at radius 2 is 2.04 bits per heavy atom. The van der Waals surface area contributed by atoms with Gasteiger partial charge >= 0.3 is 6.36 Å². The summed E-state index contributed by atoms with van der Waals surface area (Å²) in [6.07, 6.45) is -1.59. The number of aliphatic hydroxyl groups is 1. The minimum Gasteiger partial charge on any atom is -0.461 e. The molecule has 1 aromatic heterocycles. The summed E-state index contributed by atoms with van der Waals surface area (Å²) in [5, 5.41) is 9.82. The highest BCUT2D eigenvalue weighted by molar-refractivity contribution is 5.83. The van der Waals surface area contributed by atoms with Crippen LogP contribution < -0.4 is 4.74 Å². The van der Waals surface area contributed by atoms with E-state index < -0.39 is 13.0 Å². The fraction of sp³-hybridized carbons (Fsp3) is 0.529. The number of fused-ring (bicyclic) bond motifs is 1. The van der Waals surface area contributed by atoms with Gasteiger partial charge in [-0.3, -0.25) is 0 Å². The first-order valence-corrected chi connectivity index (χ1v) is 8.10. The molecular formula is C17H19F3O5. The molecule has 25 heavy (non-hydrogen) atoms. The van der Waals surface area contributed by atoms with Crippen molar-refractivity contribution in [2.75, 3.05) is 13.2 Å². The van der Waals surface area contributed by atoms with Crippen LogP contribution >= 0.6 is 0 Å². The highest BCUT2D eigenvalue weighted by atomic mass is 19.4. The summed E-state index contributed by atoms with van der Waals surface area (Å²) in [5.74, 6) is 0.174. The number of furan rings is 1. The van der Waals surface area contributed by atoms with Crippen LogP contribution in [-0.2, 0) is 22.5 Å². The molecule has 1 N–H and O–H groups in total. The summed E-state index contributed by atoms with van der Waals surface area (Å²) in [6.45, 7) is 0.618. The molecule has 0 bridgehead atoms. The van der Waals surface area contributed by atoms with Crippen LogP contribution in [0.15, 0.2) is 22.6 Å². The van der Waals surface area contributed by atoms with Crippen molar-refractivity contribution in [3.05, 3.63) is 29.5 Å². The smallest absolute Gasteiger partial charge is 0.461 e. The van der Waals surface area contributed by atoms with Crippen LogP contribution in [0.25, 0.3) is 11.0 Å². The van der Waals surface area contributed by atoms with E-state index in [1.54, 1.807) is 6.07 Å². The predicted molar refractivity (Wildman–Crippen MR) is 82.1 cm³/mol. The van der Waals surface area contributed by atoms with E-state index in [0.29, 0.717) is 36.4 Å². The van der Waals surface area contributed by atoms with Gasteiger partial charge in [0.2, 0.25) is 0 Å². The van der Waals surface area contributed by atoms with Gasteiger partial charge in [0, 0.05) is 24.0 Å². The van der Waals surface area contributed by atoms with Crippen LogP contribution in [0.3, 0.4) is 0 Å². The molecule has 0 radical (unpaired) electrons. The minimum absolute atomic E-state index is 0.210. The first-order valence-electron chi connectivity index (χ1n) is 8.10. The lowest BCUT2D eigenvalue weighted by molar-refractivity contribution is -0.274. The molecule has 2 heterocycles. The molecule has 1 fully saturated rings. The van der Waals surface area contributed by atoms with Crippen molar-refractivity contribution in [3.8, 4) is 5.75 Å². The first kappa shape index (κ1) is 18.0. The normalized spacial score (nSPS) is 18.6. The van der Waals surface area contributed by atoms with E-state index in [0.717, 1.165) is 25.3 Å². The van der Waals surface area contributed by atoms with Gasteiger partial charge in [0.1, 0.15) is 17.1 Å². The van der Waals surface area contributed by atoms with E-state index in [4.69, 9.17) is 13.9 Å². The van der Waals surface area contributed by atoms with Crippen LogP contribution in [0, 0.1) is 0 Å². The van der Waals surface area contributed by atoms with Crippen molar-refractivity contribution < 1.29 is 36.9 Å². The highest BCUT2D eigenvalue weighted by Crippen LogP contribution is 2.31. The third kappa shape index (κ3) is 4.87. The number of benzene rings is 1. The van der Waals surface area contributed by atoms with E-state index in [1.807, 2.05) is 0 Å². The Hall–Kier alpha value is -1.77. The van der Waals surface area contributed by atoms with Crippen molar-refractivity contribution >= 4 is 11.0 Å². The van der Waals surface area contributed by atoms with E-state index in [2.05, 4.69) is 4.74 Å². The van der Waals surface area contributed by atoms with E-state index in [-0.39, 0.29) is 17.6 Å². The number of halogens is 3. The number of hydrogen-bond acceptors (Lipinski definition) is 5. The van der Waals surface area contributed by atoms with Crippen molar-refractivity contribution in [1.82, 2.24) is 0 Å². The van der Waals surface area contributed by atoms with E-state index >= 15 is 0 Å². The van der Waals surface area contributed by atoms with Gasteiger partial charge in [-0.25, -0.2) is 0 Å². The summed E-state index contributed by atoms with van der Waals surface area (Å²) in [7, 11) is 0. The second-order valence-corrected chi connectivity index (χ2v) is 5.84. The van der Waals surface area contributed by atoms with Gasteiger partial charge in [0.25, 0.3) is 0 Å². The Morgan fingerprint density at radius 1 is 1.20 bits per heavy atom. The molecule has 0 spiro atoms. The summed E-state index contributed by atoms with van der Waals surface area (Å²) in [4.78, 5) is 0. The van der Waals surface area contributed by atoms with Gasteiger partial charge in [0.05, 0.1) is 13.2 Å². The molecule has 0 aliphatic carbocycles. The Balaban J connectivity index is 1.69. The van der Waals surface area contributed by atoms with Gasteiger partial charge in [-0.05, 0) is 37.5 Å². The fourth-order valence-electron chi connectivity index (χ4n) is 2.82. The molecule has 0 saturated carbocycles. The molecule has 1 aliphatic heterocycles. The topological polar surface area (TPSA) is 61.1 Å². The fourth-order valence-corrected chi connectivity index (χ4v) is 2.82. The molecule has 3 rings (SSSR count). The zero-order valence-corrected chi connectivity index (χ0v) is 13.5. The molecule has 1 atom stereocenters. The minimum atomic E-state index is -4.79. The van der Waals surface area contributed by atoms with Crippen LogP contribution in [0.4, 0.5) is 13.2 Å². The van der Waals surface area contributed by atoms with Crippen LogP contribution in [-0.4, -0.2) is 31.0 Å². The Morgan fingerprint density at radius 3 is 2.72 bits per heavy atom. The highest BCUT2D eigenvalue weighted by Gasteiger charge is 2.31. The molecule has 138 valence electrons. The average Bonchev–Trinajstić information content (AvgIpc) is 2.96. The third-order valence-corrected chi connectivity index (χ3v) is 3.91. The second-order valence-electron chi connectivity index (χ2n) is 5.84. The lowest BCUT2D eigenvalue weighted by Crippen LogP contribution is -2.23. The zero-order valence-electron chi connectivity index (χ0n) is 13.5. The SMILES string of the molecule is OCc1cc(OC(F)(F)F)cc2cc(CCOC3CCCCO3)oc12. The second kappa shape index (κ2) is 7.63. The zero-order chi connectivity index (χ0) is 17.9. The monoisotopic (exact) mass is 360 g/mol. The van der Waals surface area contributed by atoms with Crippen molar-refractivity contribution in [3.63, 3.8) is 0 Å². The number of hydrogen-bond donors (Lipinski definition) is 1. The first-order chi connectivity index (χ1) is 11.9. The molecule has 2 aromatic rings. The van der Waals surface area contributed by atoms with Crippen LogP contribution in [0.1, 0.15) is 30.6 Å². The standard InChI is InChI=1S/C17H19F3O5/c18-17(19,20)25-14-8-11-7-13(24-16(11)12(9-14)10-21)4-6-23-15-3-1-2-5-22-15/h7-9,15,21H,1-6,10H2. The number of aliphatic hydroxyl groups excluding tert-OH is 1. The average molecular weight is 360 g/mol. The van der Waals surface area contributed by atoms with Crippen molar-refractivity contribution in [2.45, 2.75) is 44.9 Å². The van der Waals surface area contributed by atoms with Gasteiger partial charge in [0.15, 0.2) is 6.29 Å². The van der Waals surface area contributed by atoms with E-state index in [9.17, 15) is 18.3 Å². The summed E-state index contributed by atoms with van der Waals surface area (Å²) >= 11 is 0. The number of rotatable bonds is 6. The van der Waals surface area contributed by atoms with E-state index in [1.165, 1.54) is 6.07 Å². The lowest BCUT2D eigenvalue weighted by Gasteiger charge is -2.22. The summed E-state index contributed by atoms with van der Waals surface area (Å²) < 4.78 is 57.8. The molecule has 1 saturated heterocycles. The maximum atomic E-state index is 12.4. The van der Waals surface area contributed by atoms with Gasteiger partial charge in [-0.15, -0.1) is 13.2 Å². The summed E-state index contributed by atoms with van der Waals surface area (Å²) in [6, 6.07) is 3.98. The van der Waals surface area contributed by atoms with Gasteiger partial charge in [-0.2, -0.15) is 0 Å². The Labute approximate surface area is 142 Å². The third-order valence-electron chi connectivity index (χ3n) is 3.91. The molecule has 5 nitrogen and oxygen atoms in total. The molecule has 0 amide bonds. The molecular weight excluding hydrogens is 341 g/mol. The maximum Gasteiger partial charge on any atom is 0.573 e. The lowest BCUT2D eigenvalue weighted by atomic mass is 10.1. The number of alkyl halides is 3. The van der Waals surface area contributed by atoms with Crippen LogP contribution in [0.2, 0.25) is 0 Å². The molecule has 1 aliphatic rings. The summed E-state index contributed by atoms with van der Waals surface area (Å²) in [5.41, 5.74) is 0.584. The Bertz CT molecular complexity index is 704. The van der Waals surface area contributed by atoms with Gasteiger partial charge in [-0.1, -0.05) is 0 Å². The molecule has 1 aromatic carbocycles. The quantitative estimate of drug-likeness (QED) is 0.846. The molecule has 1 unspecified atom stereocenters. The molecule has 8 heteroatoms. The van der Waals surface area contributed by atoms with Gasteiger partial charge < -0.3 is 23.7 Å². The maximum absolute atomic E-state index is 12.4. The predicted octanol–water partition coefficient (Wildman–Crippen LogP) is 3.91. The Kier molecular flexibility index (Phi) is 5.51. The van der Waals surface area contributed by atoms with Crippen molar-refractivity contribution in [2.24, 2.45) is 0 Å². The van der Waals surface area contributed by atoms with Crippen LogP contribution in [0.5, 0.6) is 5.75 Å². The number of ether oxygens (including phenoxy) is 3. The largest absolute Gasteiger partial charge is 0.573 e.